The summed E-state index contributed by atoms with van der Waals surface area (Å²) in [6.45, 7) is 4.15. The van der Waals surface area contributed by atoms with E-state index in [0.29, 0.717) is 6.54 Å². The Labute approximate surface area is 121 Å². The summed E-state index contributed by atoms with van der Waals surface area (Å²) in [5.74, 6) is 0.0100. The molecule has 0 radical (unpaired) electrons. The molecule has 4 heteroatoms. The summed E-state index contributed by atoms with van der Waals surface area (Å²) >= 11 is 0. The molecular weight excluding hydrogens is 252 g/mol. The number of benzene rings is 1. The van der Waals surface area contributed by atoms with Gasteiger partial charge in [-0.05, 0) is 45.5 Å². The van der Waals surface area contributed by atoms with Gasteiger partial charge in [-0.15, -0.1) is 0 Å². The molecule has 0 unspecified atom stereocenters. The van der Waals surface area contributed by atoms with Gasteiger partial charge in [0.25, 0.3) is 5.91 Å². The van der Waals surface area contributed by atoms with E-state index >= 15 is 0 Å². The molecule has 1 aliphatic rings. The fourth-order valence-corrected chi connectivity index (χ4v) is 2.70. The van der Waals surface area contributed by atoms with Gasteiger partial charge in [0, 0.05) is 30.9 Å². The van der Waals surface area contributed by atoms with Crippen molar-refractivity contribution in [1.82, 2.24) is 10.2 Å². The van der Waals surface area contributed by atoms with Crippen molar-refractivity contribution in [3.63, 3.8) is 0 Å². The molecule has 1 aromatic carbocycles. The molecule has 4 nitrogen and oxygen atoms in total. The molecule has 1 aliphatic heterocycles. The standard InChI is InChI=1S/C16H24N2O2/c1-13-6-4-5-7-14(13)15(19)17-12-16(18(2)3)8-10-20-11-9-16/h4-7H,8-12H2,1-3H3,(H,17,19). The predicted octanol–water partition coefficient (Wildman–Crippen LogP) is 1.84. The zero-order valence-electron chi connectivity index (χ0n) is 12.6. The summed E-state index contributed by atoms with van der Waals surface area (Å²) in [7, 11) is 4.15. The quantitative estimate of drug-likeness (QED) is 0.912. The third-order valence-electron chi connectivity index (χ3n) is 4.34. The van der Waals surface area contributed by atoms with Crippen LogP contribution in [-0.2, 0) is 4.74 Å². The van der Waals surface area contributed by atoms with Gasteiger partial charge in [0.1, 0.15) is 0 Å². The fraction of sp³-hybridized carbons (Fsp3) is 0.562. The van der Waals surface area contributed by atoms with Crippen LogP contribution in [0, 0.1) is 6.92 Å². The summed E-state index contributed by atoms with van der Waals surface area (Å²) in [5, 5.41) is 3.10. The average molecular weight is 276 g/mol. The molecule has 1 amide bonds. The highest BCUT2D eigenvalue weighted by Crippen LogP contribution is 2.25. The van der Waals surface area contributed by atoms with E-state index in [4.69, 9.17) is 4.74 Å². The Morgan fingerprint density at radius 2 is 1.95 bits per heavy atom. The molecule has 0 atom stereocenters. The maximum absolute atomic E-state index is 12.3. The lowest BCUT2D eigenvalue weighted by atomic mass is 9.88. The van der Waals surface area contributed by atoms with Crippen molar-refractivity contribution >= 4 is 5.91 Å². The van der Waals surface area contributed by atoms with Gasteiger partial charge in [-0.3, -0.25) is 4.79 Å². The maximum atomic E-state index is 12.3. The topological polar surface area (TPSA) is 41.6 Å². The lowest BCUT2D eigenvalue weighted by molar-refractivity contribution is -0.00658. The highest BCUT2D eigenvalue weighted by Gasteiger charge is 2.35. The van der Waals surface area contributed by atoms with Crippen molar-refractivity contribution in [3.8, 4) is 0 Å². The lowest BCUT2D eigenvalue weighted by Gasteiger charge is -2.42. The van der Waals surface area contributed by atoms with Gasteiger partial charge in [-0.25, -0.2) is 0 Å². The Morgan fingerprint density at radius 3 is 2.55 bits per heavy atom. The maximum Gasteiger partial charge on any atom is 0.251 e. The number of hydrogen-bond acceptors (Lipinski definition) is 3. The van der Waals surface area contributed by atoms with E-state index in [0.717, 1.165) is 37.2 Å². The molecular formula is C16H24N2O2. The van der Waals surface area contributed by atoms with Gasteiger partial charge in [0.05, 0.1) is 0 Å². The van der Waals surface area contributed by atoms with E-state index in [9.17, 15) is 4.79 Å². The first-order valence-electron chi connectivity index (χ1n) is 7.14. The number of rotatable bonds is 4. The van der Waals surface area contributed by atoms with Gasteiger partial charge in [-0.1, -0.05) is 18.2 Å². The Bertz CT molecular complexity index is 465. The van der Waals surface area contributed by atoms with Crippen LogP contribution in [0.4, 0.5) is 0 Å². The first-order chi connectivity index (χ1) is 9.55. The minimum absolute atomic E-state index is 0.0100. The zero-order valence-corrected chi connectivity index (χ0v) is 12.6. The molecule has 0 saturated carbocycles. The fourth-order valence-electron chi connectivity index (χ4n) is 2.70. The number of nitrogens with one attached hydrogen (secondary N) is 1. The molecule has 1 aromatic rings. The van der Waals surface area contributed by atoms with E-state index in [1.54, 1.807) is 0 Å². The van der Waals surface area contributed by atoms with Crippen molar-refractivity contribution in [2.45, 2.75) is 25.3 Å². The van der Waals surface area contributed by atoms with Gasteiger partial charge in [0.15, 0.2) is 0 Å². The number of likely N-dealkylation sites (N-methyl/N-ethyl adjacent to an activating group) is 1. The number of amides is 1. The lowest BCUT2D eigenvalue weighted by Crippen LogP contribution is -2.55. The molecule has 1 fully saturated rings. The SMILES string of the molecule is Cc1ccccc1C(=O)NCC1(N(C)C)CCOCC1. The smallest absolute Gasteiger partial charge is 0.251 e. The Balaban J connectivity index is 2.03. The van der Waals surface area contributed by atoms with E-state index < -0.39 is 0 Å². The summed E-state index contributed by atoms with van der Waals surface area (Å²) in [4.78, 5) is 14.5. The summed E-state index contributed by atoms with van der Waals surface area (Å²) in [6, 6.07) is 7.69. The molecule has 110 valence electrons. The number of carbonyl (C=O) groups excluding carboxylic acids is 1. The summed E-state index contributed by atoms with van der Waals surface area (Å²) in [6.07, 6.45) is 1.90. The first kappa shape index (κ1) is 15.0. The van der Waals surface area contributed by atoms with Crippen molar-refractivity contribution in [2.75, 3.05) is 33.9 Å². The molecule has 0 aromatic heterocycles. The highest BCUT2D eigenvalue weighted by atomic mass is 16.5. The Kier molecular flexibility index (Phi) is 4.78. The van der Waals surface area contributed by atoms with Crippen molar-refractivity contribution in [1.29, 1.82) is 0 Å². The van der Waals surface area contributed by atoms with Crippen LogP contribution in [0.3, 0.4) is 0 Å². The molecule has 0 bridgehead atoms. The van der Waals surface area contributed by atoms with Gasteiger partial charge in [0.2, 0.25) is 0 Å². The molecule has 0 spiro atoms. The second-order valence-corrected chi connectivity index (χ2v) is 5.73. The summed E-state index contributed by atoms with van der Waals surface area (Å²) < 4.78 is 5.45. The second kappa shape index (κ2) is 6.37. The van der Waals surface area contributed by atoms with E-state index in [1.807, 2.05) is 31.2 Å². The van der Waals surface area contributed by atoms with Gasteiger partial charge < -0.3 is 15.0 Å². The van der Waals surface area contributed by atoms with Crippen LogP contribution in [0.2, 0.25) is 0 Å². The number of aryl methyl sites for hydroxylation is 1. The van der Waals surface area contributed by atoms with Crippen LogP contribution in [0.5, 0.6) is 0 Å². The Morgan fingerprint density at radius 1 is 1.30 bits per heavy atom. The molecule has 20 heavy (non-hydrogen) atoms. The Hall–Kier alpha value is -1.39. The van der Waals surface area contributed by atoms with E-state index in [-0.39, 0.29) is 11.4 Å². The first-order valence-corrected chi connectivity index (χ1v) is 7.14. The largest absolute Gasteiger partial charge is 0.381 e. The molecule has 1 saturated heterocycles. The van der Waals surface area contributed by atoms with Crippen molar-refractivity contribution in [2.24, 2.45) is 0 Å². The normalized spacial score (nSPS) is 18.0. The second-order valence-electron chi connectivity index (χ2n) is 5.73. The zero-order chi connectivity index (χ0) is 14.6. The van der Waals surface area contributed by atoms with Gasteiger partial charge in [-0.2, -0.15) is 0 Å². The summed E-state index contributed by atoms with van der Waals surface area (Å²) in [5.41, 5.74) is 1.78. The van der Waals surface area contributed by atoms with Crippen LogP contribution in [0.1, 0.15) is 28.8 Å². The number of ether oxygens (including phenoxy) is 1. The minimum atomic E-state index is 0.0100. The number of carbonyl (C=O) groups is 1. The third kappa shape index (κ3) is 3.19. The van der Waals surface area contributed by atoms with Crippen LogP contribution < -0.4 is 5.32 Å². The number of hydrogen-bond donors (Lipinski definition) is 1. The number of nitrogens with zero attached hydrogens (tertiary/aromatic N) is 1. The van der Waals surface area contributed by atoms with Gasteiger partial charge >= 0.3 is 0 Å². The molecule has 1 N–H and O–H groups in total. The van der Waals surface area contributed by atoms with Crippen LogP contribution >= 0.6 is 0 Å². The average Bonchev–Trinajstić information content (AvgIpc) is 2.46. The van der Waals surface area contributed by atoms with Crippen molar-refractivity contribution < 1.29 is 9.53 Å². The van der Waals surface area contributed by atoms with E-state index in [1.165, 1.54) is 0 Å². The van der Waals surface area contributed by atoms with Crippen LogP contribution in [-0.4, -0.2) is 50.2 Å². The predicted molar refractivity (Wildman–Crippen MR) is 80.0 cm³/mol. The minimum Gasteiger partial charge on any atom is -0.381 e. The van der Waals surface area contributed by atoms with E-state index in [2.05, 4.69) is 24.3 Å². The third-order valence-corrected chi connectivity index (χ3v) is 4.34. The van der Waals surface area contributed by atoms with Crippen LogP contribution in [0.25, 0.3) is 0 Å². The highest BCUT2D eigenvalue weighted by molar-refractivity contribution is 5.95. The van der Waals surface area contributed by atoms with Crippen molar-refractivity contribution in [3.05, 3.63) is 35.4 Å². The molecule has 1 heterocycles. The molecule has 2 rings (SSSR count). The van der Waals surface area contributed by atoms with Crippen LogP contribution in [0.15, 0.2) is 24.3 Å². The molecule has 0 aliphatic carbocycles. The monoisotopic (exact) mass is 276 g/mol.